The van der Waals surface area contributed by atoms with Crippen LogP contribution in [-0.2, 0) is 19.1 Å². The Hall–Kier alpha value is -2.42. The van der Waals surface area contributed by atoms with E-state index in [4.69, 9.17) is 16.3 Å². The first-order valence-electron chi connectivity index (χ1n) is 15.1. The normalized spacial score (nSPS) is 32.2. The average Bonchev–Trinajstić information content (AvgIpc) is 3.49. The van der Waals surface area contributed by atoms with Crippen LogP contribution < -0.4 is 10.6 Å². The molecule has 1 aliphatic carbocycles. The fourth-order valence-electron chi connectivity index (χ4n) is 7.54. The lowest BCUT2D eigenvalue weighted by Crippen LogP contribution is -2.57. The maximum absolute atomic E-state index is 14.2. The van der Waals surface area contributed by atoms with Crippen LogP contribution in [0, 0.1) is 18.8 Å². The Bertz CT molecular complexity index is 1180. The molecule has 4 aliphatic heterocycles. The van der Waals surface area contributed by atoms with Crippen LogP contribution in [0.4, 0.5) is 5.69 Å². The molecule has 2 N–H and O–H groups in total. The van der Waals surface area contributed by atoms with Crippen molar-refractivity contribution in [3.63, 3.8) is 0 Å². The molecule has 6 rings (SSSR count). The molecule has 8 nitrogen and oxygen atoms in total. The van der Waals surface area contributed by atoms with Gasteiger partial charge < -0.3 is 25.2 Å². The van der Waals surface area contributed by atoms with Crippen LogP contribution in [0.25, 0.3) is 0 Å². The molecule has 3 saturated heterocycles. The molecule has 1 aromatic rings. The van der Waals surface area contributed by atoms with Gasteiger partial charge in [0.1, 0.15) is 11.6 Å². The van der Waals surface area contributed by atoms with Gasteiger partial charge in [0, 0.05) is 29.8 Å². The minimum absolute atomic E-state index is 0.118. The van der Waals surface area contributed by atoms with Gasteiger partial charge in [-0.3, -0.25) is 14.4 Å². The largest absolute Gasteiger partial charge is 0.359 e. The van der Waals surface area contributed by atoms with Crippen LogP contribution in [0.15, 0.2) is 30.4 Å². The molecule has 5 aliphatic rings. The van der Waals surface area contributed by atoms with Gasteiger partial charge in [0.25, 0.3) is 0 Å². The first-order chi connectivity index (χ1) is 19.4. The number of likely N-dealkylation sites (tertiary alicyclic amines) is 2. The highest BCUT2D eigenvalue weighted by molar-refractivity contribution is 6.31. The Kier molecular flexibility index (Phi) is 7.94. The third kappa shape index (κ3) is 5.07. The lowest BCUT2D eigenvalue weighted by molar-refractivity contribution is -0.141. The minimum Gasteiger partial charge on any atom is -0.359 e. The Morgan fingerprint density at radius 3 is 2.48 bits per heavy atom. The quantitative estimate of drug-likeness (QED) is 0.484. The van der Waals surface area contributed by atoms with Gasteiger partial charge in [0.15, 0.2) is 0 Å². The molecule has 9 heteroatoms. The number of amides is 3. The molecule has 1 aromatic carbocycles. The predicted molar refractivity (Wildman–Crippen MR) is 154 cm³/mol. The van der Waals surface area contributed by atoms with Crippen LogP contribution in [0.3, 0.4) is 0 Å². The van der Waals surface area contributed by atoms with Crippen LogP contribution in [-0.4, -0.2) is 77.5 Å². The van der Waals surface area contributed by atoms with E-state index in [0.29, 0.717) is 23.8 Å². The second-order valence-electron chi connectivity index (χ2n) is 12.3. The van der Waals surface area contributed by atoms with Gasteiger partial charge in [-0.05, 0) is 63.4 Å². The third-order valence-electron chi connectivity index (χ3n) is 9.67. The number of rotatable bonds is 7. The summed E-state index contributed by atoms with van der Waals surface area (Å²) in [4.78, 5) is 46.0. The summed E-state index contributed by atoms with van der Waals surface area (Å²) in [7, 11) is 0. The highest BCUT2D eigenvalue weighted by Crippen LogP contribution is 2.55. The van der Waals surface area contributed by atoms with Crippen molar-refractivity contribution in [3.8, 4) is 0 Å². The zero-order valence-corrected chi connectivity index (χ0v) is 24.1. The Morgan fingerprint density at radius 2 is 1.75 bits per heavy atom. The molecule has 4 fully saturated rings. The van der Waals surface area contributed by atoms with E-state index in [9.17, 15) is 14.4 Å². The number of carbonyl (C=O) groups excluding carboxylic acids is 3. The van der Waals surface area contributed by atoms with E-state index in [2.05, 4.69) is 15.5 Å². The van der Waals surface area contributed by atoms with Crippen LogP contribution in [0.5, 0.6) is 0 Å². The standard InChI is InChI=1S/C31H41ClN4O4/c1-20-11-12-22(19-23(20)32)34-28(37)25-24-13-14-31(40-24)26(25)30(39)36(18-17-35-15-7-2-3-8-16-35)27(31)29(38)33-21-9-5-4-6-10-21/h11-14,19,21,24-27H,2-10,15-18H2,1H3,(H,33,38)(H,34,37)/t24-,25-,26-,27-,31-/m0/s1. The maximum Gasteiger partial charge on any atom is 0.246 e. The van der Waals surface area contributed by atoms with Crippen molar-refractivity contribution in [2.45, 2.75) is 88.5 Å². The zero-order chi connectivity index (χ0) is 27.9. The molecule has 0 radical (unpaired) electrons. The topological polar surface area (TPSA) is 91.0 Å². The number of anilines is 1. The van der Waals surface area contributed by atoms with Gasteiger partial charge in [-0.25, -0.2) is 0 Å². The Morgan fingerprint density at radius 1 is 1.02 bits per heavy atom. The molecule has 40 heavy (non-hydrogen) atoms. The molecule has 0 aromatic heterocycles. The van der Waals surface area contributed by atoms with E-state index >= 15 is 0 Å². The number of fused-ring (bicyclic) bond motifs is 1. The lowest BCUT2D eigenvalue weighted by Gasteiger charge is -2.35. The summed E-state index contributed by atoms with van der Waals surface area (Å²) in [6, 6.07) is 4.72. The minimum atomic E-state index is -1.13. The second-order valence-corrected chi connectivity index (χ2v) is 12.7. The summed E-state index contributed by atoms with van der Waals surface area (Å²) in [5, 5.41) is 6.80. The highest BCUT2D eigenvalue weighted by atomic mass is 35.5. The van der Waals surface area contributed by atoms with Gasteiger partial charge in [0.2, 0.25) is 17.7 Å². The average molecular weight is 569 g/mol. The molecule has 1 saturated carbocycles. The fraction of sp³-hybridized carbons (Fsp3) is 0.645. The fourth-order valence-corrected chi connectivity index (χ4v) is 7.72. The molecule has 1 spiro atoms. The molecule has 4 heterocycles. The summed E-state index contributed by atoms with van der Waals surface area (Å²) >= 11 is 6.30. The number of halogens is 1. The molecule has 216 valence electrons. The molecule has 5 atom stereocenters. The third-order valence-corrected chi connectivity index (χ3v) is 10.1. The first kappa shape index (κ1) is 27.7. The van der Waals surface area contributed by atoms with Gasteiger partial charge in [-0.2, -0.15) is 0 Å². The summed E-state index contributed by atoms with van der Waals surface area (Å²) < 4.78 is 6.50. The summed E-state index contributed by atoms with van der Waals surface area (Å²) in [5.74, 6) is -2.06. The summed E-state index contributed by atoms with van der Waals surface area (Å²) in [5.41, 5.74) is 0.366. The van der Waals surface area contributed by atoms with E-state index < -0.39 is 29.6 Å². The lowest BCUT2D eigenvalue weighted by atomic mass is 9.74. The number of hydrogen-bond acceptors (Lipinski definition) is 5. The van der Waals surface area contributed by atoms with E-state index in [1.165, 1.54) is 19.3 Å². The second kappa shape index (κ2) is 11.5. The molecular formula is C31H41ClN4O4. The van der Waals surface area contributed by atoms with Gasteiger partial charge in [0.05, 0.1) is 17.9 Å². The predicted octanol–water partition coefficient (Wildman–Crippen LogP) is 4.06. The SMILES string of the molecule is Cc1ccc(NC(=O)[C@H]2[C@@H]3C=C[C@]4(O3)[C@@H]2C(=O)N(CCN2CCCCCC2)[C@H]4C(=O)NC2CCCCC2)cc1Cl. The number of hydrogen-bond donors (Lipinski definition) is 2. The smallest absolute Gasteiger partial charge is 0.246 e. The van der Waals surface area contributed by atoms with Gasteiger partial charge in [-0.15, -0.1) is 0 Å². The number of ether oxygens (including phenoxy) is 1. The Labute approximate surface area is 241 Å². The van der Waals surface area contributed by atoms with E-state index in [-0.39, 0.29) is 23.8 Å². The molecule has 3 amide bonds. The van der Waals surface area contributed by atoms with Crippen LogP contribution >= 0.6 is 11.6 Å². The highest BCUT2D eigenvalue weighted by Gasteiger charge is 2.72. The number of nitrogens with one attached hydrogen (secondary N) is 2. The van der Waals surface area contributed by atoms with Crippen LogP contribution in [0.2, 0.25) is 5.02 Å². The number of aryl methyl sites for hydroxylation is 1. The maximum atomic E-state index is 14.2. The molecular weight excluding hydrogens is 528 g/mol. The number of benzene rings is 1. The van der Waals surface area contributed by atoms with Gasteiger partial charge >= 0.3 is 0 Å². The van der Waals surface area contributed by atoms with Crippen molar-refractivity contribution in [2.24, 2.45) is 11.8 Å². The van der Waals surface area contributed by atoms with Gasteiger partial charge in [-0.1, -0.05) is 61.9 Å². The van der Waals surface area contributed by atoms with Crippen molar-refractivity contribution in [3.05, 3.63) is 40.9 Å². The Balaban J connectivity index is 1.26. The number of carbonyl (C=O) groups is 3. The van der Waals surface area contributed by atoms with Crippen molar-refractivity contribution in [2.75, 3.05) is 31.5 Å². The van der Waals surface area contributed by atoms with Crippen molar-refractivity contribution in [1.29, 1.82) is 0 Å². The summed E-state index contributed by atoms with van der Waals surface area (Å²) in [6.07, 6.45) is 13.3. The van der Waals surface area contributed by atoms with Crippen molar-refractivity contribution < 1.29 is 19.1 Å². The number of nitrogens with zero attached hydrogens (tertiary/aromatic N) is 2. The van der Waals surface area contributed by atoms with E-state index in [0.717, 1.165) is 57.2 Å². The van der Waals surface area contributed by atoms with Crippen molar-refractivity contribution in [1.82, 2.24) is 15.1 Å². The molecule has 0 unspecified atom stereocenters. The molecule has 2 bridgehead atoms. The van der Waals surface area contributed by atoms with Crippen molar-refractivity contribution >= 4 is 35.0 Å². The monoisotopic (exact) mass is 568 g/mol. The van der Waals surface area contributed by atoms with E-state index in [1.807, 2.05) is 31.2 Å². The van der Waals surface area contributed by atoms with Crippen LogP contribution in [0.1, 0.15) is 63.4 Å². The zero-order valence-electron chi connectivity index (χ0n) is 23.4. The summed E-state index contributed by atoms with van der Waals surface area (Å²) in [6.45, 7) is 5.09. The van der Waals surface area contributed by atoms with E-state index in [1.54, 1.807) is 11.0 Å². The first-order valence-corrected chi connectivity index (χ1v) is 15.5.